The summed E-state index contributed by atoms with van der Waals surface area (Å²) in [5.41, 5.74) is 1.70. The number of fused-ring (bicyclic) bond motifs is 2. The van der Waals surface area contributed by atoms with Gasteiger partial charge in [-0.15, -0.1) is 0 Å². The number of hydrogen-bond acceptors (Lipinski definition) is 4. The van der Waals surface area contributed by atoms with Gasteiger partial charge in [0.25, 0.3) is 0 Å². The number of hydrogen-bond donors (Lipinski definition) is 0. The van der Waals surface area contributed by atoms with Crippen molar-refractivity contribution in [2.45, 2.75) is 18.4 Å². The maximum absolute atomic E-state index is 11.7. The summed E-state index contributed by atoms with van der Waals surface area (Å²) in [5, 5.41) is 0. The zero-order valence-corrected chi connectivity index (χ0v) is 11.4. The van der Waals surface area contributed by atoms with E-state index in [2.05, 4.69) is 0 Å². The zero-order valence-electron chi connectivity index (χ0n) is 11.4. The van der Waals surface area contributed by atoms with Crippen LogP contribution in [0.1, 0.15) is 17.5 Å². The Bertz CT molecular complexity index is 542. The van der Waals surface area contributed by atoms with Gasteiger partial charge < -0.3 is 19.1 Å². The Labute approximate surface area is 112 Å². The Balaban J connectivity index is 2.08. The Morgan fingerprint density at radius 2 is 1.95 bits per heavy atom. The van der Waals surface area contributed by atoms with Gasteiger partial charge in [-0.2, -0.15) is 0 Å². The first-order valence-corrected chi connectivity index (χ1v) is 6.29. The lowest BCUT2D eigenvalue weighted by molar-refractivity contribution is 0.0558. The van der Waals surface area contributed by atoms with E-state index in [0.717, 1.165) is 24.2 Å². The lowest BCUT2D eigenvalue weighted by atomic mass is 9.95. The molecule has 102 valence electrons. The number of methoxy groups -OCH3 is 2. The number of ether oxygens (including phenoxy) is 3. The molecule has 1 atom stereocenters. The summed E-state index contributed by atoms with van der Waals surface area (Å²) in [6.45, 7) is 0.592. The number of aryl methyl sites for hydroxylation is 1. The van der Waals surface area contributed by atoms with Gasteiger partial charge in [-0.25, -0.2) is 4.79 Å². The number of carbonyl (C=O) groups excluding carboxylic acids is 1. The molecule has 1 heterocycles. The number of carbonyl (C=O) groups is 1. The van der Waals surface area contributed by atoms with Crippen molar-refractivity contribution >= 4 is 6.09 Å². The molecule has 19 heavy (non-hydrogen) atoms. The van der Waals surface area contributed by atoms with Crippen molar-refractivity contribution in [1.82, 2.24) is 4.90 Å². The summed E-state index contributed by atoms with van der Waals surface area (Å²) in [6, 6.07) is 3.92. The van der Waals surface area contributed by atoms with Gasteiger partial charge in [0.05, 0.1) is 20.8 Å². The molecular formula is C14H17NO4. The summed E-state index contributed by atoms with van der Waals surface area (Å²) in [7, 11) is 4.99. The van der Waals surface area contributed by atoms with Gasteiger partial charge in [0.15, 0.2) is 17.1 Å². The number of likely N-dealkylation sites (N-methyl/N-ethyl adjacent to an activating group) is 1. The molecule has 1 aliphatic heterocycles. The molecule has 2 aliphatic rings. The van der Waals surface area contributed by atoms with Crippen LogP contribution >= 0.6 is 0 Å². The SMILES string of the molecule is COc1cc2c(cc1OC)C1(CC2)CN(C)C(=O)O1. The summed E-state index contributed by atoms with van der Waals surface area (Å²) < 4.78 is 16.3. The second kappa shape index (κ2) is 4.05. The molecule has 3 rings (SSSR count). The Morgan fingerprint density at radius 3 is 2.53 bits per heavy atom. The van der Waals surface area contributed by atoms with Crippen molar-refractivity contribution in [2.24, 2.45) is 0 Å². The van der Waals surface area contributed by atoms with Crippen LogP contribution in [0.5, 0.6) is 11.5 Å². The molecule has 1 saturated heterocycles. The Hall–Kier alpha value is -1.91. The first kappa shape index (κ1) is 12.1. The van der Waals surface area contributed by atoms with Crippen LogP contribution in [-0.2, 0) is 16.8 Å². The van der Waals surface area contributed by atoms with E-state index in [4.69, 9.17) is 14.2 Å². The van der Waals surface area contributed by atoms with Crippen molar-refractivity contribution < 1.29 is 19.0 Å². The zero-order chi connectivity index (χ0) is 13.6. The number of amides is 1. The highest BCUT2D eigenvalue weighted by Gasteiger charge is 2.49. The molecule has 0 bridgehead atoms. The average molecular weight is 263 g/mol. The second-order valence-electron chi connectivity index (χ2n) is 5.08. The molecule has 0 aromatic heterocycles. The summed E-state index contributed by atoms with van der Waals surface area (Å²) in [6.07, 6.45) is 1.44. The minimum absolute atomic E-state index is 0.261. The van der Waals surface area contributed by atoms with E-state index in [1.54, 1.807) is 26.2 Å². The van der Waals surface area contributed by atoms with Gasteiger partial charge in [0, 0.05) is 12.6 Å². The molecule has 1 aliphatic carbocycles. The molecule has 1 unspecified atom stereocenters. The highest BCUT2D eigenvalue weighted by molar-refractivity contribution is 5.71. The summed E-state index contributed by atoms with van der Waals surface area (Å²) >= 11 is 0. The molecule has 1 amide bonds. The van der Waals surface area contributed by atoms with E-state index in [9.17, 15) is 4.79 Å². The fourth-order valence-corrected chi connectivity index (χ4v) is 3.02. The lowest BCUT2D eigenvalue weighted by Gasteiger charge is -2.22. The van der Waals surface area contributed by atoms with Crippen LogP contribution in [0.25, 0.3) is 0 Å². The van der Waals surface area contributed by atoms with Gasteiger partial charge >= 0.3 is 6.09 Å². The Kier molecular flexibility index (Phi) is 2.59. The Morgan fingerprint density at radius 1 is 1.26 bits per heavy atom. The molecular weight excluding hydrogens is 246 g/mol. The highest BCUT2D eigenvalue weighted by Crippen LogP contribution is 2.47. The van der Waals surface area contributed by atoms with Crippen LogP contribution in [0.15, 0.2) is 12.1 Å². The van der Waals surface area contributed by atoms with Crippen molar-refractivity contribution in [2.75, 3.05) is 27.8 Å². The van der Waals surface area contributed by atoms with Crippen LogP contribution in [0.3, 0.4) is 0 Å². The van der Waals surface area contributed by atoms with E-state index in [-0.39, 0.29) is 6.09 Å². The van der Waals surface area contributed by atoms with E-state index < -0.39 is 5.60 Å². The molecule has 1 aromatic rings. The maximum Gasteiger partial charge on any atom is 0.410 e. The minimum Gasteiger partial charge on any atom is -0.493 e. The molecule has 1 aromatic carbocycles. The van der Waals surface area contributed by atoms with Crippen molar-refractivity contribution in [3.05, 3.63) is 23.3 Å². The smallest absolute Gasteiger partial charge is 0.410 e. The molecule has 5 nitrogen and oxygen atoms in total. The first-order chi connectivity index (χ1) is 9.09. The number of rotatable bonds is 2. The van der Waals surface area contributed by atoms with E-state index >= 15 is 0 Å². The standard InChI is InChI=1S/C14H17NO4/c1-15-8-14(19-13(15)16)5-4-9-6-11(17-2)12(18-3)7-10(9)14/h6-7H,4-5,8H2,1-3H3. The number of benzene rings is 1. The van der Waals surface area contributed by atoms with Crippen LogP contribution in [0.2, 0.25) is 0 Å². The van der Waals surface area contributed by atoms with Gasteiger partial charge in [-0.05, 0) is 30.5 Å². The largest absolute Gasteiger partial charge is 0.493 e. The van der Waals surface area contributed by atoms with E-state index in [0.29, 0.717) is 12.3 Å². The third-order valence-corrected chi connectivity index (χ3v) is 3.99. The predicted molar refractivity (Wildman–Crippen MR) is 68.7 cm³/mol. The molecule has 0 N–H and O–H groups in total. The molecule has 0 radical (unpaired) electrons. The van der Waals surface area contributed by atoms with E-state index in [1.807, 2.05) is 12.1 Å². The quantitative estimate of drug-likeness (QED) is 0.818. The topological polar surface area (TPSA) is 48.0 Å². The third-order valence-electron chi connectivity index (χ3n) is 3.99. The fraction of sp³-hybridized carbons (Fsp3) is 0.500. The molecule has 5 heteroatoms. The second-order valence-corrected chi connectivity index (χ2v) is 5.08. The average Bonchev–Trinajstić information content (AvgIpc) is 2.89. The number of nitrogens with zero attached hydrogens (tertiary/aromatic N) is 1. The predicted octanol–water partition coefficient (Wildman–Crippen LogP) is 1.93. The minimum atomic E-state index is -0.513. The van der Waals surface area contributed by atoms with Gasteiger partial charge in [-0.3, -0.25) is 0 Å². The van der Waals surface area contributed by atoms with Gasteiger partial charge in [0.2, 0.25) is 0 Å². The summed E-state index contributed by atoms with van der Waals surface area (Å²) in [5.74, 6) is 1.39. The third kappa shape index (κ3) is 1.64. The van der Waals surface area contributed by atoms with Crippen LogP contribution in [0.4, 0.5) is 4.79 Å². The van der Waals surface area contributed by atoms with Gasteiger partial charge in [0.1, 0.15) is 0 Å². The monoisotopic (exact) mass is 263 g/mol. The van der Waals surface area contributed by atoms with Gasteiger partial charge in [-0.1, -0.05) is 0 Å². The van der Waals surface area contributed by atoms with Crippen LogP contribution in [-0.4, -0.2) is 38.8 Å². The molecule has 1 fully saturated rings. The highest BCUT2D eigenvalue weighted by atomic mass is 16.6. The van der Waals surface area contributed by atoms with Crippen LogP contribution in [0, 0.1) is 0 Å². The lowest BCUT2D eigenvalue weighted by Crippen LogP contribution is -2.28. The van der Waals surface area contributed by atoms with Crippen molar-refractivity contribution in [1.29, 1.82) is 0 Å². The molecule has 1 spiro atoms. The molecule has 0 saturated carbocycles. The first-order valence-electron chi connectivity index (χ1n) is 6.29. The summed E-state index contributed by atoms with van der Waals surface area (Å²) in [4.78, 5) is 13.3. The fourth-order valence-electron chi connectivity index (χ4n) is 3.02. The maximum atomic E-state index is 11.7. The normalized spacial score (nSPS) is 24.6. The van der Waals surface area contributed by atoms with E-state index in [1.165, 1.54) is 5.56 Å². The van der Waals surface area contributed by atoms with Crippen LogP contribution < -0.4 is 9.47 Å². The van der Waals surface area contributed by atoms with Crippen molar-refractivity contribution in [3.63, 3.8) is 0 Å². The van der Waals surface area contributed by atoms with Crippen molar-refractivity contribution in [3.8, 4) is 11.5 Å².